The van der Waals surface area contributed by atoms with Gasteiger partial charge in [-0.2, -0.15) is 0 Å². The van der Waals surface area contributed by atoms with Crippen molar-refractivity contribution in [3.63, 3.8) is 0 Å². The van der Waals surface area contributed by atoms with Gasteiger partial charge in [-0.3, -0.25) is 0 Å². The van der Waals surface area contributed by atoms with E-state index in [2.05, 4.69) is 19.2 Å². The average molecular weight is 215 g/mol. The molecule has 1 rings (SSSR count). The number of ether oxygens (including phenoxy) is 2. The van der Waals surface area contributed by atoms with Gasteiger partial charge in [0.25, 0.3) is 0 Å². The Morgan fingerprint density at radius 2 is 1.93 bits per heavy atom. The topological polar surface area (TPSA) is 30.5 Å². The van der Waals surface area contributed by atoms with Gasteiger partial charge in [0.2, 0.25) is 0 Å². The summed E-state index contributed by atoms with van der Waals surface area (Å²) in [4.78, 5) is 0. The second kappa shape index (κ2) is 5.83. The molecule has 0 aliphatic carbocycles. The molecule has 0 aromatic rings. The van der Waals surface area contributed by atoms with Crippen molar-refractivity contribution >= 4 is 0 Å². The third kappa shape index (κ3) is 4.96. The summed E-state index contributed by atoms with van der Waals surface area (Å²) in [6, 6.07) is 0.910. The van der Waals surface area contributed by atoms with Gasteiger partial charge in [-0.15, -0.1) is 0 Å². The fraction of sp³-hybridized carbons (Fsp3) is 1.00. The van der Waals surface area contributed by atoms with Crippen LogP contribution in [0.5, 0.6) is 0 Å². The Kier molecular flexibility index (Phi) is 5.03. The molecule has 1 heterocycles. The van der Waals surface area contributed by atoms with E-state index in [-0.39, 0.29) is 0 Å². The highest BCUT2D eigenvalue weighted by Crippen LogP contribution is 2.17. The SMILES string of the molecule is CCCCC(C)NC1COC(C)(C)OC1. The summed E-state index contributed by atoms with van der Waals surface area (Å²) in [5.74, 6) is -0.398. The molecule has 90 valence electrons. The van der Waals surface area contributed by atoms with Crippen molar-refractivity contribution in [2.75, 3.05) is 13.2 Å². The van der Waals surface area contributed by atoms with Gasteiger partial charge in [0, 0.05) is 6.04 Å². The van der Waals surface area contributed by atoms with Crippen LogP contribution >= 0.6 is 0 Å². The van der Waals surface area contributed by atoms with E-state index >= 15 is 0 Å². The van der Waals surface area contributed by atoms with E-state index in [1.165, 1.54) is 19.3 Å². The molecule has 1 N–H and O–H groups in total. The monoisotopic (exact) mass is 215 g/mol. The van der Waals surface area contributed by atoms with E-state index < -0.39 is 5.79 Å². The number of unbranched alkanes of at least 4 members (excludes halogenated alkanes) is 1. The molecular weight excluding hydrogens is 190 g/mol. The first-order chi connectivity index (χ1) is 7.03. The van der Waals surface area contributed by atoms with Gasteiger partial charge in [0.15, 0.2) is 5.79 Å². The second-order valence-electron chi connectivity index (χ2n) is 4.93. The lowest BCUT2D eigenvalue weighted by Gasteiger charge is -2.36. The first-order valence-electron chi connectivity index (χ1n) is 6.07. The normalized spacial score (nSPS) is 24.0. The highest BCUT2D eigenvalue weighted by molar-refractivity contribution is 4.76. The molecule has 0 aromatic carbocycles. The van der Waals surface area contributed by atoms with E-state index in [9.17, 15) is 0 Å². The maximum atomic E-state index is 5.60. The van der Waals surface area contributed by atoms with Crippen molar-refractivity contribution in [3.8, 4) is 0 Å². The van der Waals surface area contributed by atoms with Crippen molar-refractivity contribution in [2.45, 2.75) is 64.8 Å². The van der Waals surface area contributed by atoms with Crippen molar-refractivity contribution in [3.05, 3.63) is 0 Å². The van der Waals surface area contributed by atoms with Crippen LogP contribution in [0.25, 0.3) is 0 Å². The van der Waals surface area contributed by atoms with Crippen molar-refractivity contribution in [1.82, 2.24) is 5.32 Å². The second-order valence-corrected chi connectivity index (χ2v) is 4.93. The lowest BCUT2D eigenvalue weighted by molar-refractivity contribution is -0.253. The van der Waals surface area contributed by atoms with Gasteiger partial charge in [-0.25, -0.2) is 0 Å². The molecule has 3 nitrogen and oxygen atoms in total. The van der Waals surface area contributed by atoms with Crippen LogP contribution in [-0.2, 0) is 9.47 Å². The zero-order chi connectivity index (χ0) is 11.3. The van der Waals surface area contributed by atoms with Gasteiger partial charge in [0.05, 0.1) is 19.3 Å². The minimum absolute atomic E-state index is 0.352. The van der Waals surface area contributed by atoms with E-state index in [1.807, 2.05) is 13.8 Å². The van der Waals surface area contributed by atoms with Crippen LogP contribution in [0.4, 0.5) is 0 Å². The maximum Gasteiger partial charge on any atom is 0.162 e. The average Bonchev–Trinajstić information content (AvgIpc) is 2.18. The Morgan fingerprint density at radius 1 is 1.33 bits per heavy atom. The predicted octanol–water partition coefficient (Wildman–Crippen LogP) is 2.31. The smallest absolute Gasteiger partial charge is 0.162 e. The van der Waals surface area contributed by atoms with E-state index in [0.29, 0.717) is 12.1 Å². The third-order valence-electron chi connectivity index (χ3n) is 2.78. The quantitative estimate of drug-likeness (QED) is 0.763. The van der Waals surface area contributed by atoms with Crippen LogP contribution < -0.4 is 5.32 Å². The van der Waals surface area contributed by atoms with Crippen molar-refractivity contribution < 1.29 is 9.47 Å². The summed E-state index contributed by atoms with van der Waals surface area (Å²) < 4.78 is 11.2. The lowest BCUT2D eigenvalue weighted by Crippen LogP contribution is -2.50. The Hall–Kier alpha value is -0.120. The molecule has 3 heteroatoms. The molecule has 0 aromatic heterocycles. The molecule has 0 bridgehead atoms. The van der Waals surface area contributed by atoms with E-state index in [0.717, 1.165) is 13.2 Å². The van der Waals surface area contributed by atoms with Crippen LogP contribution in [0.3, 0.4) is 0 Å². The zero-order valence-electron chi connectivity index (χ0n) is 10.5. The fourth-order valence-electron chi connectivity index (χ4n) is 1.78. The van der Waals surface area contributed by atoms with Crippen LogP contribution in [0, 0.1) is 0 Å². The molecule has 0 spiro atoms. The van der Waals surface area contributed by atoms with Gasteiger partial charge in [0.1, 0.15) is 0 Å². The molecular formula is C12H25NO2. The van der Waals surface area contributed by atoms with Crippen molar-refractivity contribution in [2.24, 2.45) is 0 Å². The zero-order valence-corrected chi connectivity index (χ0v) is 10.5. The minimum atomic E-state index is -0.398. The van der Waals surface area contributed by atoms with Crippen molar-refractivity contribution in [1.29, 1.82) is 0 Å². The number of rotatable bonds is 5. The number of hydrogen-bond donors (Lipinski definition) is 1. The summed E-state index contributed by atoms with van der Waals surface area (Å²) >= 11 is 0. The molecule has 1 aliphatic heterocycles. The molecule has 1 unspecified atom stereocenters. The van der Waals surface area contributed by atoms with E-state index in [1.54, 1.807) is 0 Å². The van der Waals surface area contributed by atoms with Gasteiger partial charge >= 0.3 is 0 Å². The molecule has 0 radical (unpaired) electrons. The number of hydrogen-bond acceptors (Lipinski definition) is 3. The highest BCUT2D eigenvalue weighted by atomic mass is 16.7. The van der Waals surface area contributed by atoms with E-state index in [4.69, 9.17) is 9.47 Å². The molecule has 1 fully saturated rings. The largest absolute Gasteiger partial charge is 0.349 e. The van der Waals surface area contributed by atoms with Crippen LogP contribution in [-0.4, -0.2) is 31.1 Å². The summed E-state index contributed by atoms with van der Waals surface area (Å²) in [5, 5.41) is 3.54. The molecule has 15 heavy (non-hydrogen) atoms. The summed E-state index contributed by atoms with van der Waals surface area (Å²) in [6.45, 7) is 9.89. The van der Waals surface area contributed by atoms with Gasteiger partial charge in [-0.1, -0.05) is 19.8 Å². The van der Waals surface area contributed by atoms with Crippen LogP contribution in [0.15, 0.2) is 0 Å². The summed E-state index contributed by atoms with van der Waals surface area (Å²) in [6.07, 6.45) is 3.78. The first-order valence-corrected chi connectivity index (χ1v) is 6.07. The maximum absolute atomic E-state index is 5.60. The van der Waals surface area contributed by atoms with Crippen LogP contribution in [0.1, 0.15) is 47.0 Å². The van der Waals surface area contributed by atoms with Gasteiger partial charge in [-0.05, 0) is 27.2 Å². The first kappa shape index (κ1) is 12.9. The standard InChI is InChI=1S/C12H25NO2/c1-5-6-7-10(2)13-11-8-14-12(3,4)15-9-11/h10-11,13H,5-9H2,1-4H3. The molecule has 0 amide bonds. The fourth-order valence-corrected chi connectivity index (χ4v) is 1.78. The Labute approximate surface area is 93.5 Å². The Balaban J connectivity index is 2.17. The predicted molar refractivity (Wildman–Crippen MR) is 61.9 cm³/mol. The molecule has 1 aliphatic rings. The lowest BCUT2D eigenvalue weighted by atomic mass is 10.1. The summed E-state index contributed by atoms with van der Waals surface area (Å²) in [5.41, 5.74) is 0. The third-order valence-corrected chi connectivity index (χ3v) is 2.78. The Morgan fingerprint density at radius 3 is 2.47 bits per heavy atom. The minimum Gasteiger partial charge on any atom is -0.349 e. The molecule has 0 saturated carbocycles. The number of nitrogens with one attached hydrogen (secondary N) is 1. The summed E-state index contributed by atoms with van der Waals surface area (Å²) in [7, 11) is 0. The highest BCUT2D eigenvalue weighted by Gasteiger charge is 2.28. The molecule has 1 atom stereocenters. The Bertz CT molecular complexity index is 172. The van der Waals surface area contributed by atoms with Crippen LogP contribution in [0.2, 0.25) is 0 Å². The molecule has 1 saturated heterocycles. The van der Waals surface area contributed by atoms with Gasteiger partial charge < -0.3 is 14.8 Å².